The molecule has 1 aromatic carbocycles. The molecule has 0 saturated heterocycles. The van der Waals surface area contributed by atoms with Crippen molar-refractivity contribution in [2.45, 2.75) is 6.42 Å². The summed E-state index contributed by atoms with van der Waals surface area (Å²) in [7, 11) is 1.77. The molecule has 0 aliphatic heterocycles. The molecule has 0 saturated carbocycles. The van der Waals surface area contributed by atoms with Crippen LogP contribution in [-0.2, 0) is 13.5 Å². The van der Waals surface area contributed by atoms with Gasteiger partial charge in [0.2, 0.25) is 0 Å². The Morgan fingerprint density at radius 1 is 1.53 bits per heavy atom. The molecule has 0 aliphatic rings. The fraction of sp³-hybridized carbons (Fsp3) is 0.250. The Labute approximate surface area is 108 Å². The van der Waals surface area contributed by atoms with E-state index in [1.165, 1.54) is 12.1 Å². The fourth-order valence-electron chi connectivity index (χ4n) is 1.60. The van der Waals surface area contributed by atoms with Crippen molar-refractivity contribution in [3.8, 4) is 0 Å². The monoisotopic (exact) mass is 264 g/mol. The second-order valence-corrected chi connectivity index (χ2v) is 4.01. The van der Waals surface area contributed by atoms with Crippen LogP contribution in [0, 0.1) is 5.82 Å². The predicted molar refractivity (Wildman–Crippen MR) is 66.6 cm³/mol. The number of hydrogen-bond acceptors (Lipinski definition) is 4. The summed E-state index contributed by atoms with van der Waals surface area (Å²) in [5.41, 5.74) is 0.190. The van der Waals surface area contributed by atoms with Gasteiger partial charge in [-0.05, 0) is 18.2 Å². The molecule has 7 heteroatoms. The molecule has 19 heavy (non-hydrogen) atoms. The number of rotatable bonds is 5. The van der Waals surface area contributed by atoms with E-state index >= 15 is 0 Å². The molecule has 1 heterocycles. The summed E-state index contributed by atoms with van der Waals surface area (Å²) >= 11 is 0. The Morgan fingerprint density at radius 3 is 2.89 bits per heavy atom. The predicted octanol–water partition coefficient (Wildman–Crippen LogP) is 1.31. The number of anilines is 1. The van der Waals surface area contributed by atoms with Crippen molar-refractivity contribution in [3.05, 3.63) is 41.7 Å². The van der Waals surface area contributed by atoms with E-state index in [9.17, 15) is 9.18 Å². The Hall–Kier alpha value is -2.44. The number of aryl methyl sites for hydroxylation is 1. The molecule has 0 aliphatic carbocycles. The van der Waals surface area contributed by atoms with Gasteiger partial charge in [0, 0.05) is 20.0 Å². The van der Waals surface area contributed by atoms with Crippen LogP contribution in [0.15, 0.2) is 24.5 Å². The van der Waals surface area contributed by atoms with E-state index in [2.05, 4.69) is 15.4 Å². The normalized spacial score (nSPS) is 10.4. The highest BCUT2D eigenvalue weighted by molar-refractivity contribution is 5.88. The maximum Gasteiger partial charge on any atom is 0.335 e. The van der Waals surface area contributed by atoms with Crippen LogP contribution in [0.2, 0.25) is 0 Å². The SMILES string of the molecule is Cn1cnc(CCNc2ccc(C(=O)O)cc2F)n1. The van der Waals surface area contributed by atoms with Crippen LogP contribution in [0.3, 0.4) is 0 Å². The minimum absolute atomic E-state index is 0.0746. The first-order valence-electron chi connectivity index (χ1n) is 5.67. The molecule has 0 bridgehead atoms. The second-order valence-electron chi connectivity index (χ2n) is 4.01. The molecule has 0 fully saturated rings. The van der Waals surface area contributed by atoms with Gasteiger partial charge in [0.1, 0.15) is 12.1 Å². The molecular formula is C12H13FN4O2. The Bertz CT molecular complexity index is 597. The maximum absolute atomic E-state index is 13.6. The summed E-state index contributed by atoms with van der Waals surface area (Å²) < 4.78 is 15.2. The van der Waals surface area contributed by atoms with Crippen LogP contribution in [0.1, 0.15) is 16.2 Å². The van der Waals surface area contributed by atoms with E-state index in [1.807, 2.05) is 0 Å². The summed E-state index contributed by atoms with van der Waals surface area (Å²) in [5, 5.41) is 15.7. The molecule has 2 rings (SSSR count). The van der Waals surface area contributed by atoms with Crippen molar-refractivity contribution in [1.82, 2.24) is 14.8 Å². The molecule has 2 aromatic rings. The molecule has 1 aromatic heterocycles. The number of aromatic nitrogens is 3. The van der Waals surface area contributed by atoms with E-state index in [0.717, 1.165) is 6.07 Å². The molecule has 6 nitrogen and oxygen atoms in total. The van der Waals surface area contributed by atoms with E-state index in [4.69, 9.17) is 5.11 Å². The van der Waals surface area contributed by atoms with E-state index in [-0.39, 0.29) is 11.3 Å². The zero-order chi connectivity index (χ0) is 13.8. The van der Waals surface area contributed by atoms with Gasteiger partial charge in [-0.2, -0.15) is 5.10 Å². The number of halogens is 1. The fourth-order valence-corrected chi connectivity index (χ4v) is 1.60. The van der Waals surface area contributed by atoms with Crippen LogP contribution in [0.5, 0.6) is 0 Å². The van der Waals surface area contributed by atoms with Crippen molar-refractivity contribution >= 4 is 11.7 Å². The second kappa shape index (κ2) is 5.47. The minimum atomic E-state index is -1.15. The van der Waals surface area contributed by atoms with Gasteiger partial charge >= 0.3 is 5.97 Å². The van der Waals surface area contributed by atoms with Crippen molar-refractivity contribution in [3.63, 3.8) is 0 Å². The van der Waals surface area contributed by atoms with E-state index in [1.54, 1.807) is 18.1 Å². The molecule has 0 radical (unpaired) electrons. The highest BCUT2D eigenvalue weighted by atomic mass is 19.1. The summed E-state index contributed by atoms with van der Waals surface area (Å²) in [6.07, 6.45) is 2.15. The zero-order valence-corrected chi connectivity index (χ0v) is 10.3. The van der Waals surface area contributed by atoms with Crippen molar-refractivity contribution < 1.29 is 14.3 Å². The number of carbonyl (C=O) groups is 1. The molecule has 0 spiro atoms. The van der Waals surface area contributed by atoms with Gasteiger partial charge in [0.15, 0.2) is 5.82 Å². The molecular weight excluding hydrogens is 251 g/mol. The van der Waals surface area contributed by atoms with Gasteiger partial charge < -0.3 is 10.4 Å². The lowest BCUT2D eigenvalue weighted by atomic mass is 10.2. The first-order chi connectivity index (χ1) is 9.06. The summed E-state index contributed by atoms with van der Waals surface area (Å²) in [4.78, 5) is 14.7. The number of benzene rings is 1. The van der Waals surface area contributed by atoms with Crippen LogP contribution >= 0.6 is 0 Å². The molecule has 0 amide bonds. The number of hydrogen-bond donors (Lipinski definition) is 2. The molecule has 0 atom stereocenters. The topological polar surface area (TPSA) is 80.0 Å². The number of nitrogens with one attached hydrogen (secondary N) is 1. The lowest BCUT2D eigenvalue weighted by Crippen LogP contribution is -2.08. The highest BCUT2D eigenvalue weighted by Gasteiger charge is 2.08. The highest BCUT2D eigenvalue weighted by Crippen LogP contribution is 2.15. The Kier molecular flexibility index (Phi) is 3.74. The first-order valence-corrected chi connectivity index (χ1v) is 5.67. The zero-order valence-electron chi connectivity index (χ0n) is 10.3. The molecule has 2 N–H and O–H groups in total. The minimum Gasteiger partial charge on any atom is -0.478 e. The average Bonchev–Trinajstić information content (AvgIpc) is 2.77. The van der Waals surface area contributed by atoms with Crippen LogP contribution in [-0.4, -0.2) is 32.4 Å². The lowest BCUT2D eigenvalue weighted by molar-refractivity contribution is 0.0696. The van der Waals surface area contributed by atoms with Crippen molar-refractivity contribution in [2.75, 3.05) is 11.9 Å². The number of carboxylic acid groups (broad SMARTS) is 1. The largest absolute Gasteiger partial charge is 0.478 e. The number of aromatic carboxylic acids is 1. The van der Waals surface area contributed by atoms with Crippen LogP contribution < -0.4 is 5.32 Å². The third-order valence-corrected chi connectivity index (χ3v) is 2.53. The van der Waals surface area contributed by atoms with Gasteiger partial charge in [0.25, 0.3) is 0 Å². The summed E-state index contributed by atoms with van der Waals surface area (Å²) in [6.45, 7) is 0.466. The maximum atomic E-state index is 13.6. The van der Waals surface area contributed by atoms with Gasteiger partial charge in [-0.15, -0.1) is 0 Å². The average molecular weight is 264 g/mol. The van der Waals surface area contributed by atoms with Gasteiger partial charge in [-0.1, -0.05) is 0 Å². The number of carboxylic acids is 1. The van der Waals surface area contributed by atoms with Gasteiger partial charge in [0.05, 0.1) is 11.3 Å². The number of nitrogens with zero attached hydrogens (tertiary/aromatic N) is 3. The molecule has 100 valence electrons. The summed E-state index contributed by atoms with van der Waals surface area (Å²) in [6, 6.07) is 3.75. The smallest absolute Gasteiger partial charge is 0.335 e. The van der Waals surface area contributed by atoms with Crippen molar-refractivity contribution in [2.24, 2.45) is 7.05 Å². The van der Waals surface area contributed by atoms with Gasteiger partial charge in [-0.25, -0.2) is 14.2 Å². The Balaban J connectivity index is 1.94. The van der Waals surface area contributed by atoms with E-state index < -0.39 is 11.8 Å². The standard InChI is InChI=1S/C12H13FN4O2/c1-17-7-15-11(16-17)4-5-14-10-3-2-8(12(18)19)6-9(10)13/h2-3,6-7,14H,4-5H2,1H3,(H,18,19). The third kappa shape index (κ3) is 3.27. The Morgan fingerprint density at radius 2 is 2.32 bits per heavy atom. The van der Waals surface area contributed by atoms with Crippen molar-refractivity contribution in [1.29, 1.82) is 0 Å². The van der Waals surface area contributed by atoms with Gasteiger partial charge in [-0.3, -0.25) is 4.68 Å². The molecule has 0 unspecified atom stereocenters. The first kappa shape index (κ1) is 13.0. The quantitative estimate of drug-likeness (QED) is 0.851. The van der Waals surface area contributed by atoms with Crippen LogP contribution in [0.25, 0.3) is 0 Å². The van der Waals surface area contributed by atoms with E-state index in [0.29, 0.717) is 18.8 Å². The lowest BCUT2D eigenvalue weighted by Gasteiger charge is -2.06. The van der Waals surface area contributed by atoms with Crippen LogP contribution in [0.4, 0.5) is 10.1 Å². The summed E-state index contributed by atoms with van der Waals surface area (Å²) in [5.74, 6) is -1.07. The third-order valence-electron chi connectivity index (χ3n) is 2.53.